The summed E-state index contributed by atoms with van der Waals surface area (Å²) in [5, 5.41) is 0. The molecular weight excluding hydrogens is 288 g/mol. The lowest BCUT2D eigenvalue weighted by atomic mass is 10.3. The van der Waals surface area contributed by atoms with Crippen LogP contribution in [0, 0.1) is 11.6 Å². The van der Waals surface area contributed by atoms with Gasteiger partial charge in [-0.2, -0.15) is 0 Å². The van der Waals surface area contributed by atoms with Gasteiger partial charge in [0.25, 0.3) is 0 Å². The number of nitrogens with one attached hydrogen (secondary N) is 1. The monoisotopic (exact) mass is 299 g/mol. The number of ether oxygens (including phenoxy) is 1. The van der Waals surface area contributed by atoms with Crippen molar-refractivity contribution in [1.82, 2.24) is 0 Å². The van der Waals surface area contributed by atoms with Crippen molar-refractivity contribution in [3.05, 3.63) is 54.1 Å². The van der Waals surface area contributed by atoms with E-state index >= 15 is 0 Å². The van der Waals surface area contributed by atoms with Crippen LogP contribution >= 0.6 is 0 Å². The topological polar surface area (TPSA) is 55.4 Å². The van der Waals surface area contributed by atoms with Crippen molar-refractivity contribution in [3.63, 3.8) is 0 Å². The molecule has 0 aliphatic rings. The van der Waals surface area contributed by atoms with Gasteiger partial charge in [0.05, 0.1) is 11.9 Å². The third kappa shape index (κ3) is 3.67. The van der Waals surface area contributed by atoms with Crippen LogP contribution in [-0.2, 0) is 10.0 Å². The average molecular weight is 299 g/mol. The minimum Gasteiger partial charge on any atom is -0.452 e. The minimum absolute atomic E-state index is 0.114. The number of hydrogen-bond donors (Lipinski definition) is 1. The predicted molar refractivity (Wildman–Crippen MR) is 71.3 cm³/mol. The fraction of sp³-hybridized carbons (Fsp3) is 0.0769. The molecule has 0 bridgehead atoms. The normalized spacial score (nSPS) is 11.2. The van der Waals surface area contributed by atoms with Gasteiger partial charge < -0.3 is 4.74 Å². The Hall–Kier alpha value is -2.15. The number of benzene rings is 2. The molecule has 0 saturated carbocycles. The number of para-hydroxylation sites is 2. The zero-order valence-electron chi connectivity index (χ0n) is 10.4. The molecule has 0 fully saturated rings. The number of halogens is 2. The summed E-state index contributed by atoms with van der Waals surface area (Å²) < 4.78 is 56.3. The van der Waals surface area contributed by atoms with Gasteiger partial charge >= 0.3 is 0 Å². The lowest BCUT2D eigenvalue weighted by molar-refractivity contribution is 0.439. The maximum atomic E-state index is 13.5. The second-order valence-corrected chi connectivity index (χ2v) is 5.80. The van der Waals surface area contributed by atoms with Crippen LogP contribution in [0.5, 0.6) is 11.5 Å². The summed E-state index contributed by atoms with van der Waals surface area (Å²) in [5.41, 5.74) is 0.165. The van der Waals surface area contributed by atoms with Crippen molar-refractivity contribution in [3.8, 4) is 11.5 Å². The third-order valence-electron chi connectivity index (χ3n) is 2.30. The Morgan fingerprint density at radius 2 is 1.75 bits per heavy atom. The Kier molecular flexibility index (Phi) is 3.89. The van der Waals surface area contributed by atoms with Crippen LogP contribution in [-0.4, -0.2) is 14.7 Å². The van der Waals surface area contributed by atoms with Crippen LogP contribution in [0.2, 0.25) is 0 Å². The molecule has 106 valence electrons. The van der Waals surface area contributed by atoms with E-state index in [4.69, 9.17) is 4.74 Å². The molecule has 4 nitrogen and oxygen atoms in total. The van der Waals surface area contributed by atoms with Gasteiger partial charge in [-0.15, -0.1) is 0 Å². The molecule has 0 aromatic heterocycles. The second-order valence-electron chi connectivity index (χ2n) is 4.05. The van der Waals surface area contributed by atoms with Crippen LogP contribution in [0.1, 0.15) is 0 Å². The highest BCUT2D eigenvalue weighted by atomic mass is 32.2. The third-order valence-corrected chi connectivity index (χ3v) is 2.89. The van der Waals surface area contributed by atoms with Crippen molar-refractivity contribution >= 4 is 15.7 Å². The molecular formula is C13H11F2NO3S. The van der Waals surface area contributed by atoms with Gasteiger partial charge in [0, 0.05) is 6.07 Å². The smallest absolute Gasteiger partial charge is 0.229 e. The molecule has 1 N–H and O–H groups in total. The van der Waals surface area contributed by atoms with Gasteiger partial charge in [-0.1, -0.05) is 12.1 Å². The fourth-order valence-corrected chi connectivity index (χ4v) is 2.08. The van der Waals surface area contributed by atoms with E-state index in [1.807, 2.05) is 0 Å². The maximum absolute atomic E-state index is 13.5. The highest BCUT2D eigenvalue weighted by Gasteiger charge is 2.11. The number of sulfonamides is 1. The van der Waals surface area contributed by atoms with Crippen LogP contribution in [0.25, 0.3) is 0 Å². The quantitative estimate of drug-likeness (QED) is 0.943. The molecule has 2 aromatic carbocycles. The SMILES string of the molecule is CS(=O)(=O)Nc1ccccc1Oc1ccc(F)cc1F. The second kappa shape index (κ2) is 5.46. The molecule has 2 aromatic rings. The molecule has 0 saturated heterocycles. The zero-order chi connectivity index (χ0) is 14.8. The highest BCUT2D eigenvalue weighted by molar-refractivity contribution is 7.92. The highest BCUT2D eigenvalue weighted by Crippen LogP contribution is 2.31. The van der Waals surface area contributed by atoms with E-state index in [0.29, 0.717) is 6.07 Å². The zero-order valence-corrected chi connectivity index (χ0v) is 11.2. The van der Waals surface area contributed by atoms with E-state index < -0.39 is 21.7 Å². The number of anilines is 1. The molecule has 7 heteroatoms. The first-order chi connectivity index (χ1) is 9.35. The number of rotatable bonds is 4. The van der Waals surface area contributed by atoms with E-state index in [1.54, 1.807) is 12.1 Å². The first-order valence-corrected chi connectivity index (χ1v) is 7.44. The van der Waals surface area contributed by atoms with Gasteiger partial charge in [-0.3, -0.25) is 4.72 Å². The molecule has 2 rings (SSSR count). The Balaban J connectivity index is 2.34. The average Bonchev–Trinajstić information content (AvgIpc) is 2.33. The van der Waals surface area contributed by atoms with E-state index in [1.165, 1.54) is 12.1 Å². The first kappa shape index (κ1) is 14.3. The molecule has 0 aliphatic carbocycles. The molecule has 0 radical (unpaired) electrons. The summed E-state index contributed by atoms with van der Waals surface area (Å²) in [6, 6.07) is 8.99. The molecule has 0 spiro atoms. The lowest BCUT2D eigenvalue weighted by Gasteiger charge is -2.12. The molecule has 0 amide bonds. The maximum Gasteiger partial charge on any atom is 0.229 e. The standard InChI is InChI=1S/C13H11F2NO3S/c1-20(17,18)16-11-4-2-3-5-13(11)19-12-7-6-9(14)8-10(12)15/h2-8,16H,1H3. The summed E-state index contributed by atoms with van der Waals surface area (Å²) in [6.45, 7) is 0. The summed E-state index contributed by atoms with van der Waals surface area (Å²) in [6.07, 6.45) is 0.988. The van der Waals surface area contributed by atoms with Crippen molar-refractivity contribution < 1.29 is 21.9 Å². The lowest BCUT2D eigenvalue weighted by Crippen LogP contribution is -2.10. The summed E-state index contributed by atoms with van der Waals surface area (Å²) in [5.74, 6) is -1.69. The minimum atomic E-state index is -3.49. The molecule has 0 unspecified atom stereocenters. The van der Waals surface area contributed by atoms with Crippen LogP contribution < -0.4 is 9.46 Å². The van der Waals surface area contributed by atoms with Crippen molar-refractivity contribution in [2.24, 2.45) is 0 Å². The summed E-state index contributed by atoms with van der Waals surface area (Å²) >= 11 is 0. The largest absolute Gasteiger partial charge is 0.452 e. The molecule has 0 heterocycles. The van der Waals surface area contributed by atoms with Crippen molar-refractivity contribution in [1.29, 1.82) is 0 Å². The Morgan fingerprint density at radius 1 is 1.05 bits per heavy atom. The van der Waals surface area contributed by atoms with Gasteiger partial charge in [-0.25, -0.2) is 17.2 Å². The van der Waals surface area contributed by atoms with Crippen LogP contribution in [0.4, 0.5) is 14.5 Å². The fourth-order valence-electron chi connectivity index (χ4n) is 1.52. The molecule has 0 aliphatic heterocycles. The Morgan fingerprint density at radius 3 is 2.40 bits per heavy atom. The van der Waals surface area contributed by atoms with E-state index in [2.05, 4.69) is 4.72 Å². The Bertz CT molecular complexity index is 732. The molecule has 0 atom stereocenters. The van der Waals surface area contributed by atoms with Gasteiger partial charge in [0.1, 0.15) is 5.82 Å². The van der Waals surface area contributed by atoms with Crippen molar-refractivity contribution in [2.45, 2.75) is 0 Å². The van der Waals surface area contributed by atoms with Crippen LogP contribution in [0.15, 0.2) is 42.5 Å². The van der Waals surface area contributed by atoms with E-state index in [-0.39, 0.29) is 17.2 Å². The summed E-state index contributed by atoms with van der Waals surface area (Å²) in [4.78, 5) is 0. The van der Waals surface area contributed by atoms with Gasteiger partial charge in [-0.05, 0) is 24.3 Å². The summed E-state index contributed by atoms with van der Waals surface area (Å²) in [7, 11) is -3.49. The van der Waals surface area contributed by atoms with E-state index in [0.717, 1.165) is 18.4 Å². The number of hydrogen-bond acceptors (Lipinski definition) is 3. The van der Waals surface area contributed by atoms with Crippen molar-refractivity contribution in [2.75, 3.05) is 11.0 Å². The van der Waals surface area contributed by atoms with E-state index in [9.17, 15) is 17.2 Å². The predicted octanol–water partition coefficient (Wildman–Crippen LogP) is 3.13. The van der Waals surface area contributed by atoms with Crippen LogP contribution in [0.3, 0.4) is 0 Å². The van der Waals surface area contributed by atoms with Gasteiger partial charge in [0.2, 0.25) is 10.0 Å². The molecule has 20 heavy (non-hydrogen) atoms. The Labute approximate surface area is 115 Å². The van der Waals surface area contributed by atoms with Gasteiger partial charge in [0.15, 0.2) is 17.3 Å². The first-order valence-electron chi connectivity index (χ1n) is 5.55.